The second-order valence-corrected chi connectivity index (χ2v) is 6.84. The van der Waals surface area contributed by atoms with E-state index in [9.17, 15) is 8.78 Å². The van der Waals surface area contributed by atoms with Crippen LogP contribution in [0.2, 0.25) is 0 Å². The van der Waals surface area contributed by atoms with Crippen LogP contribution in [0.25, 0.3) is 0 Å². The lowest BCUT2D eigenvalue weighted by Crippen LogP contribution is -2.15. The quantitative estimate of drug-likeness (QED) is 0.402. The Morgan fingerprint density at radius 1 is 0.852 bits per heavy atom. The third-order valence-electron chi connectivity index (χ3n) is 4.45. The summed E-state index contributed by atoms with van der Waals surface area (Å²) in [6.07, 6.45) is 0.416. The maximum Gasteiger partial charge on any atom is 0.298 e. The van der Waals surface area contributed by atoms with E-state index in [0.29, 0.717) is 18.1 Å². The van der Waals surface area contributed by atoms with Crippen molar-refractivity contribution in [2.45, 2.75) is 25.4 Å². The van der Waals surface area contributed by atoms with Gasteiger partial charge in [0.05, 0.1) is 0 Å². The van der Waals surface area contributed by atoms with Gasteiger partial charge in [-0.1, -0.05) is 60.2 Å². The second-order valence-electron chi connectivity index (χ2n) is 6.46. The van der Waals surface area contributed by atoms with Crippen molar-refractivity contribution >= 4 is 11.6 Å². The molecule has 0 aliphatic carbocycles. The van der Waals surface area contributed by atoms with Crippen LogP contribution in [0.15, 0.2) is 78.9 Å². The first-order valence-corrected chi connectivity index (χ1v) is 9.37. The fourth-order valence-corrected chi connectivity index (χ4v) is 3.10. The molecule has 0 aromatic heterocycles. The number of halogens is 3. The minimum Gasteiger partial charge on any atom is -0.486 e. The van der Waals surface area contributed by atoms with Gasteiger partial charge >= 0.3 is 0 Å². The summed E-state index contributed by atoms with van der Waals surface area (Å²) in [7, 11) is 0. The number of hydrogen-bond donors (Lipinski definition) is 0. The molecule has 0 saturated heterocycles. The molecule has 0 aliphatic heterocycles. The third kappa shape index (κ3) is 4.67. The molecule has 140 valence electrons. The number of rotatable bonds is 7. The van der Waals surface area contributed by atoms with Crippen molar-refractivity contribution in [3.63, 3.8) is 0 Å². The van der Waals surface area contributed by atoms with E-state index in [4.69, 9.17) is 16.3 Å². The van der Waals surface area contributed by atoms with Crippen molar-refractivity contribution in [3.05, 3.63) is 101 Å². The molecular weight excluding hydrogens is 366 g/mol. The summed E-state index contributed by atoms with van der Waals surface area (Å²) in [6.45, 7) is 1.87. The Balaban J connectivity index is 1.79. The molecular formula is C23H21ClF2O. The standard InChI is InChI=1S/C23H21ClF2O/c1-17-7-9-19(10-8-17)23(25,26)20-11-13-21(14-12-20)27-22(15-16-24)18-5-3-2-4-6-18/h2-14,22H,15-16H2,1H3. The van der Waals surface area contributed by atoms with Crippen LogP contribution in [0.5, 0.6) is 5.75 Å². The molecule has 4 heteroatoms. The molecule has 0 saturated carbocycles. The fraction of sp³-hybridized carbons (Fsp3) is 0.217. The van der Waals surface area contributed by atoms with Gasteiger partial charge in [-0.3, -0.25) is 0 Å². The molecule has 3 aromatic rings. The maximum absolute atomic E-state index is 14.7. The topological polar surface area (TPSA) is 9.23 Å². The Morgan fingerprint density at radius 2 is 1.41 bits per heavy atom. The zero-order valence-corrected chi connectivity index (χ0v) is 15.8. The maximum atomic E-state index is 14.7. The Labute approximate surface area is 163 Å². The van der Waals surface area contributed by atoms with Gasteiger partial charge in [0.2, 0.25) is 0 Å². The number of hydrogen-bond acceptors (Lipinski definition) is 1. The van der Waals surface area contributed by atoms with Crippen LogP contribution < -0.4 is 4.74 Å². The normalized spacial score (nSPS) is 12.6. The fourth-order valence-electron chi connectivity index (χ4n) is 2.90. The van der Waals surface area contributed by atoms with Gasteiger partial charge in [-0.2, -0.15) is 8.78 Å². The zero-order chi connectivity index (χ0) is 19.3. The first kappa shape index (κ1) is 19.4. The molecule has 3 aromatic carbocycles. The van der Waals surface area contributed by atoms with Gasteiger partial charge < -0.3 is 4.74 Å². The molecule has 0 bridgehead atoms. The average Bonchev–Trinajstić information content (AvgIpc) is 2.69. The summed E-state index contributed by atoms with van der Waals surface area (Å²) >= 11 is 5.90. The van der Waals surface area contributed by atoms with Crippen LogP contribution in [0.4, 0.5) is 8.78 Å². The Kier molecular flexibility index (Phi) is 6.12. The number of aryl methyl sites for hydroxylation is 1. The van der Waals surface area contributed by atoms with E-state index in [0.717, 1.165) is 11.1 Å². The summed E-state index contributed by atoms with van der Waals surface area (Å²) in [5.41, 5.74) is 1.87. The zero-order valence-electron chi connectivity index (χ0n) is 15.0. The predicted molar refractivity (Wildman–Crippen MR) is 106 cm³/mol. The van der Waals surface area contributed by atoms with Crippen LogP contribution in [0.1, 0.15) is 34.8 Å². The van der Waals surface area contributed by atoms with Gasteiger partial charge in [0, 0.05) is 23.4 Å². The number of alkyl halides is 3. The number of ether oxygens (including phenoxy) is 1. The lowest BCUT2D eigenvalue weighted by atomic mass is 9.99. The molecule has 0 heterocycles. The first-order valence-electron chi connectivity index (χ1n) is 8.84. The van der Waals surface area contributed by atoms with E-state index < -0.39 is 5.92 Å². The van der Waals surface area contributed by atoms with Crippen molar-refractivity contribution in [1.29, 1.82) is 0 Å². The molecule has 1 nitrogen and oxygen atoms in total. The van der Waals surface area contributed by atoms with E-state index in [1.165, 1.54) is 24.3 Å². The van der Waals surface area contributed by atoms with E-state index in [2.05, 4.69) is 0 Å². The summed E-state index contributed by atoms with van der Waals surface area (Å²) in [6, 6.07) is 22.1. The van der Waals surface area contributed by atoms with Crippen molar-refractivity contribution in [1.82, 2.24) is 0 Å². The van der Waals surface area contributed by atoms with Crippen molar-refractivity contribution in [3.8, 4) is 5.75 Å². The van der Waals surface area contributed by atoms with Crippen LogP contribution in [0, 0.1) is 6.92 Å². The highest BCUT2D eigenvalue weighted by molar-refractivity contribution is 6.17. The van der Waals surface area contributed by atoms with E-state index >= 15 is 0 Å². The Hall–Kier alpha value is -2.39. The summed E-state index contributed by atoms with van der Waals surface area (Å²) < 4.78 is 35.5. The first-order chi connectivity index (χ1) is 13.0. The lowest BCUT2D eigenvalue weighted by molar-refractivity contribution is 0.0427. The van der Waals surface area contributed by atoms with E-state index in [-0.39, 0.29) is 17.2 Å². The second kappa shape index (κ2) is 8.53. The van der Waals surface area contributed by atoms with Gasteiger partial charge in [0.15, 0.2) is 0 Å². The molecule has 3 rings (SSSR count). The molecule has 0 radical (unpaired) electrons. The van der Waals surface area contributed by atoms with Gasteiger partial charge in [0.1, 0.15) is 11.9 Å². The van der Waals surface area contributed by atoms with Gasteiger partial charge in [-0.05, 0) is 36.8 Å². The summed E-state index contributed by atoms with van der Waals surface area (Å²) in [5.74, 6) is -2.07. The SMILES string of the molecule is Cc1ccc(C(F)(F)c2ccc(OC(CCCl)c3ccccc3)cc2)cc1. The molecule has 1 unspecified atom stereocenters. The minimum atomic E-state index is -3.05. The Morgan fingerprint density at radius 3 is 1.96 bits per heavy atom. The average molecular weight is 387 g/mol. The third-order valence-corrected chi connectivity index (χ3v) is 4.67. The monoisotopic (exact) mass is 386 g/mol. The predicted octanol–water partition coefficient (Wildman–Crippen LogP) is 6.88. The highest BCUT2D eigenvalue weighted by Crippen LogP contribution is 2.37. The Bertz CT molecular complexity index is 846. The largest absolute Gasteiger partial charge is 0.486 e. The van der Waals surface area contributed by atoms with E-state index in [1.54, 1.807) is 24.3 Å². The van der Waals surface area contributed by atoms with E-state index in [1.807, 2.05) is 37.3 Å². The summed E-state index contributed by atoms with van der Waals surface area (Å²) in [4.78, 5) is 0. The van der Waals surface area contributed by atoms with Crippen LogP contribution in [0.3, 0.4) is 0 Å². The molecule has 0 spiro atoms. The van der Waals surface area contributed by atoms with Gasteiger partial charge in [-0.25, -0.2) is 0 Å². The van der Waals surface area contributed by atoms with Gasteiger partial charge in [0.25, 0.3) is 5.92 Å². The van der Waals surface area contributed by atoms with Crippen molar-refractivity contribution in [2.24, 2.45) is 0 Å². The van der Waals surface area contributed by atoms with Gasteiger partial charge in [-0.15, -0.1) is 11.6 Å². The van der Waals surface area contributed by atoms with Crippen LogP contribution in [-0.4, -0.2) is 5.88 Å². The molecule has 1 atom stereocenters. The smallest absolute Gasteiger partial charge is 0.298 e. The van der Waals surface area contributed by atoms with Crippen LogP contribution >= 0.6 is 11.6 Å². The molecule has 0 amide bonds. The minimum absolute atomic E-state index is 0.0222. The molecule has 0 fully saturated rings. The highest BCUT2D eigenvalue weighted by Gasteiger charge is 2.33. The molecule has 0 N–H and O–H groups in total. The summed E-state index contributed by atoms with van der Waals surface area (Å²) in [5, 5.41) is 0. The van der Waals surface area contributed by atoms with Crippen molar-refractivity contribution in [2.75, 3.05) is 5.88 Å². The highest BCUT2D eigenvalue weighted by atomic mass is 35.5. The molecule has 0 aliphatic rings. The lowest BCUT2D eigenvalue weighted by Gasteiger charge is -2.20. The number of benzene rings is 3. The molecule has 27 heavy (non-hydrogen) atoms. The van der Waals surface area contributed by atoms with Crippen LogP contribution in [-0.2, 0) is 5.92 Å². The van der Waals surface area contributed by atoms with Crippen molar-refractivity contribution < 1.29 is 13.5 Å².